The molecule has 1 aromatic heterocycles. The lowest BCUT2D eigenvalue weighted by Crippen LogP contribution is -2.26. The number of aromatic nitrogens is 2. The maximum atomic E-state index is 12.0. The van der Waals surface area contributed by atoms with Crippen molar-refractivity contribution in [1.82, 2.24) is 9.36 Å². The molecular formula is C13H12ClN3O3S2. The number of nitrogens with zero attached hydrogens (tertiary/aromatic N) is 3. The van der Waals surface area contributed by atoms with Gasteiger partial charge in [0.05, 0.1) is 5.75 Å². The summed E-state index contributed by atoms with van der Waals surface area (Å²) in [6, 6.07) is 9.54. The van der Waals surface area contributed by atoms with Crippen LogP contribution in [0.3, 0.4) is 0 Å². The van der Waals surface area contributed by atoms with Gasteiger partial charge in [-0.2, -0.15) is 9.36 Å². The number of benzene rings is 1. The zero-order chi connectivity index (χ0) is 15.7. The summed E-state index contributed by atoms with van der Waals surface area (Å²) in [5.74, 6) is -0.392. The summed E-state index contributed by atoms with van der Waals surface area (Å²) in [5, 5.41) is 0.719. The van der Waals surface area contributed by atoms with E-state index in [-0.39, 0.29) is 30.5 Å². The van der Waals surface area contributed by atoms with Crippen molar-refractivity contribution in [3.05, 3.63) is 30.3 Å². The molecule has 1 fully saturated rings. The van der Waals surface area contributed by atoms with E-state index >= 15 is 0 Å². The molecule has 0 N–H and O–H groups in total. The lowest BCUT2D eigenvalue weighted by Gasteiger charge is -2.11. The fourth-order valence-corrected chi connectivity index (χ4v) is 4.38. The van der Waals surface area contributed by atoms with Crippen molar-refractivity contribution in [1.29, 1.82) is 0 Å². The molecule has 9 heteroatoms. The van der Waals surface area contributed by atoms with Gasteiger partial charge in [-0.25, -0.2) is 8.42 Å². The van der Waals surface area contributed by atoms with Crippen molar-refractivity contribution >= 4 is 43.1 Å². The summed E-state index contributed by atoms with van der Waals surface area (Å²) in [6.45, 7) is 0.274. The van der Waals surface area contributed by atoms with Crippen LogP contribution in [0.5, 0.6) is 0 Å². The molecule has 1 aromatic carbocycles. The third-order valence-electron chi connectivity index (χ3n) is 3.32. The van der Waals surface area contributed by atoms with E-state index in [2.05, 4.69) is 9.36 Å². The molecule has 0 saturated carbocycles. The topological polar surface area (TPSA) is 80.2 Å². The second kappa shape index (κ2) is 5.94. The third kappa shape index (κ3) is 3.45. The molecule has 1 aliphatic rings. The third-order valence-corrected chi connectivity index (χ3v) is 5.32. The van der Waals surface area contributed by atoms with E-state index in [1.807, 2.05) is 30.3 Å². The number of carbonyl (C=O) groups excluding carboxylic acids is 1. The fourth-order valence-electron chi connectivity index (χ4n) is 2.39. The first kappa shape index (κ1) is 15.4. The summed E-state index contributed by atoms with van der Waals surface area (Å²) in [4.78, 5) is 17.8. The Balaban J connectivity index is 1.78. The summed E-state index contributed by atoms with van der Waals surface area (Å²) in [5.41, 5.74) is 0.929. The van der Waals surface area contributed by atoms with Gasteiger partial charge in [-0.3, -0.25) is 9.69 Å². The largest absolute Gasteiger partial charge is 0.280 e. The van der Waals surface area contributed by atoms with Gasteiger partial charge in [-0.1, -0.05) is 30.3 Å². The Labute approximate surface area is 136 Å². The molecule has 0 spiro atoms. The standard InChI is InChI=1S/C13H12ClN3O3S2/c14-22(19,20)8-9-6-11(18)17(7-9)13-15-12(21-16-13)10-4-2-1-3-5-10/h1-5,9H,6-8H2. The molecule has 22 heavy (non-hydrogen) atoms. The summed E-state index contributed by atoms with van der Waals surface area (Å²) in [7, 11) is 1.63. The molecule has 0 bridgehead atoms. The normalized spacial score (nSPS) is 18.9. The van der Waals surface area contributed by atoms with Gasteiger partial charge < -0.3 is 0 Å². The molecule has 116 valence electrons. The molecule has 3 rings (SSSR count). The Morgan fingerprint density at radius 2 is 2.05 bits per heavy atom. The van der Waals surface area contributed by atoms with E-state index in [0.29, 0.717) is 5.95 Å². The molecule has 1 atom stereocenters. The summed E-state index contributed by atoms with van der Waals surface area (Å²) < 4.78 is 26.5. The molecule has 1 unspecified atom stereocenters. The predicted octanol–water partition coefficient (Wildman–Crippen LogP) is 2.13. The van der Waals surface area contributed by atoms with Crippen molar-refractivity contribution < 1.29 is 13.2 Å². The molecule has 1 amide bonds. The van der Waals surface area contributed by atoms with Crippen LogP contribution in [0.2, 0.25) is 0 Å². The number of rotatable bonds is 4. The monoisotopic (exact) mass is 357 g/mol. The Morgan fingerprint density at radius 1 is 1.32 bits per heavy atom. The van der Waals surface area contributed by atoms with Crippen LogP contribution in [0.15, 0.2) is 30.3 Å². The van der Waals surface area contributed by atoms with Crippen LogP contribution in [0.4, 0.5) is 5.95 Å². The minimum absolute atomic E-state index is 0.145. The Morgan fingerprint density at radius 3 is 2.73 bits per heavy atom. The predicted molar refractivity (Wildman–Crippen MR) is 85.4 cm³/mol. The quantitative estimate of drug-likeness (QED) is 0.783. The number of hydrogen-bond donors (Lipinski definition) is 0. The highest BCUT2D eigenvalue weighted by molar-refractivity contribution is 8.13. The Hall–Kier alpha value is -1.51. The second-order valence-corrected chi connectivity index (χ2v) is 8.62. The first-order chi connectivity index (χ1) is 10.4. The van der Waals surface area contributed by atoms with Crippen molar-refractivity contribution in [3.8, 4) is 10.6 Å². The molecule has 1 saturated heterocycles. The van der Waals surface area contributed by atoms with E-state index in [9.17, 15) is 13.2 Å². The fraction of sp³-hybridized carbons (Fsp3) is 0.308. The van der Waals surface area contributed by atoms with Gasteiger partial charge in [0.25, 0.3) is 0 Å². The van der Waals surface area contributed by atoms with Gasteiger partial charge in [0.15, 0.2) is 0 Å². The second-order valence-electron chi connectivity index (χ2n) is 5.05. The van der Waals surface area contributed by atoms with Crippen LogP contribution in [0, 0.1) is 5.92 Å². The van der Waals surface area contributed by atoms with E-state index < -0.39 is 9.05 Å². The minimum Gasteiger partial charge on any atom is -0.280 e. The number of amides is 1. The van der Waals surface area contributed by atoms with Crippen molar-refractivity contribution in [3.63, 3.8) is 0 Å². The van der Waals surface area contributed by atoms with Crippen LogP contribution in [0.25, 0.3) is 10.6 Å². The van der Waals surface area contributed by atoms with Crippen LogP contribution in [-0.4, -0.2) is 36.0 Å². The number of carbonyl (C=O) groups is 1. The van der Waals surface area contributed by atoms with Crippen molar-refractivity contribution in [2.75, 3.05) is 17.2 Å². The van der Waals surface area contributed by atoms with Crippen LogP contribution in [-0.2, 0) is 13.8 Å². The molecular weight excluding hydrogens is 346 g/mol. The number of halogens is 1. The van der Waals surface area contributed by atoms with Gasteiger partial charge in [-0.15, -0.1) is 0 Å². The molecule has 6 nitrogen and oxygen atoms in total. The summed E-state index contributed by atoms with van der Waals surface area (Å²) >= 11 is 1.21. The number of hydrogen-bond acceptors (Lipinski definition) is 6. The molecule has 2 heterocycles. The molecule has 2 aromatic rings. The van der Waals surface area contributed by atoms with Gasteiger partial charge in [0.1, 0.15) is 5.01 Å². The average Bonchev–Trinajstić information content (AvgIpc) is 3.05. The molecule has 0 aliphatic carbocycles. The molecule has 0 radical (unpaired) electrons. The first-order valence-electron chi connectivity index (χ1n) is 6.54. The maximum Gasteiger partial charge on any atom is 0.244 e. The minimum atomic E-state index is -3.62. The van der Waals surface area contributed by atoms with Gasteiger partial charge >= 0.3 is 0 Å². The zero-order valence-electron chi connectivity index (χ0n) is 11.3. The zero-order valence-corrected chi connectivity index (χ0v) is 13.7. The highest BCUT2D eigenvalue weighted by atomic mass is 35.7. The SMILES string of the molecule is O=C1CC(CS(=O)(=O)Cl)CN1c1nsc(-c2ccccc2)n1. The highest BCUT2D eigenvalue weighted by Crippen LogP contribution is 2.29. The van der Waals surface area contributed by atoms with Crippen molar-refractivity contribution in [2.45, 2.75) is 6.42 Å². The van der Waals surface area contributed by atoms with Crippen molar-refractivity contribution in [2.24, 2.45) is 5.92 Å². The maximum absolute atomic E-state index is 12.0. The highest BCUT2D eigenvalue weighted by Gasteiger charge is 2.35. The Bertz CT molecular complexity index is 792. The van der Waals surface area contributed by atoms with Crippen LogP contribution < -0.4 is 4.90 Å². The van der Waals surface area contributed by atoms with Gasteiger partial charge in [-0.05, 0) is 11.5 Å². The van der Waals surface area contributed by atoms with Gasteiger partial charge in [0, 0.05) is 35.1 Å². The molecule has 1 aliphatic heterocycles. The van der Waals surface area contributed by atoms with Crippen LogP contribution in [0.1, 0.15) is 6.42 Å². The van der Waals surface area contributed by atoms with Crippen LogP contribution >= 0.6 is 22.2 Å². The summed E-state index contributed by atoms with van der Waals surface area (Å²) in [6.07, 6.45) is 0.145. The lowest BCUT2D eigenvalue weighted by atomic mass is 10.1. The van der Waals surface area contributed by atoms with E-state index in [4.69, 9.17) is 10.7 Å². The Kier molecular flexibility index (Phi) is 4.16. The average molecular weight is 358 g/mol. The van der Waals surface area contributed by atoms with E-state index in [1.54, 1.807) is 0 Å². The first-order valence-corrected chi connectivity index (χ1v) is 9.79. The lowest BCUT2D eigenvalue weighted by molar-refractivity contribution is -0.117. The number of anilines is 1. The van der Waals surface area contributed by atoms with E-state index in [1.165, 1.54) is 16.4 Å². The van der Waals surface area contributed by atoms with Gasteiger partial charge in [0.2, 0.25) is 20.9 Å². The van der Waals surface area contributed by atoms with E-state index in [0.717, 1.165) is 10.6 Å². The smallest absolute Gasteiger partial charge is 0.244 e.